The van der Waals surface area contributed by atoms with Crippen LogP contribution >= 0.6 is 11.3 Å². The minimum absolute atomic E-state index is 0.336. The van der Waals surface area contributed by atoms with Crippen molar-refractivity contribution in [1.29, 1.82) is 0 Å². The summed E-state index contributed by atoms with van der Waals surface area (Å²) in [5.41, 5.74) is 4.86. The number of hydrogen-bond acceptors (Lipinski definition) is 5. The van der Waals surface area contributed by atoms with Gasteiger partial charge in [-0.05, 0) is 25.1 Å². The molecule has 0 radical (unpaired) electrons. The first-order valence-corrected chi connectivity index (χ1v) is 10.6. The van der Waals surface area contributed by atoms with Crippen molar-refractivity contribution in [3.63, 3.8) is 0 Å². The molecule has 0 bridgehead atoms. The summed E-state index contributed by atoms with van der Waals surface area (Å²) in [6.45, 7) is 7.80. The molecule has 3 aromatic rings. The van der Waals surface area contributed by atoms with Crippen molar-refractivity contribution in [1.82, 2.24) is 4.98 Å². The Morgan fingerprint density at radius 2 is 1.82 bits per heavy atom. The van der Waals surface area contributed by atoms with Crippen LogP contribution in [-0.2, 0) is 6.54 Å². The summed E-state index contributed by atoms with van der Waals surface area (Å²) in [5, 5.41) is 3.31. The van der Waals surface area contributed by atoms with Gasteiger partial charge in [-0.2, -0.15) is 0 Å². The number of benzene rings is 2. The summed E-state index contributed by atoms with van der Waals surface area (Å²) in [4.78, 5) is 8.91. The molecule has 1 fully saturated rings. The Bertz CT molecular complexity index is 962. The van der Waals surface area contributed by atoms with Crippen molar-refractivity contribution in [3.05, 3.63) is 59.0 Å². The van der Waals surface area contributed by atoms with Crippen molar-refractivity contribution < 1.29 is 14.4 Å². The van der Waals surface area contributed by atoms with Gasteiger partial charge in [0.1, 0.15) is 6.54 Å². The van der Waals surface area contributed by atoms with E-state index >= 15 is 0 Å². The second kappa shape index (κ2) is 7.45. The van der Waals surface area contributed by atoms with E-state index in [2.05, 4.69) is 53.6 Å². The third-order valence-electron chi connectivity index (χ3n) is 5.47. The van der Waals surface area contributed by atoms with Gasteiger partial charge < -0.3 is 19.3 Å². The van der Waals surface area contributed by atoms with Crippen LogP contribution in [-0.4, -0.2) is 38.0 Å². The van der Waals surface area contributed by atoms with Gasteiger partial charge in [0.05, 0.1) is 31.9 Å². The normalized spacial score (nSPS) is 16.5. The first kappa shape index (κ1) is 17.5. The third kappa shape index (κ3) is 3.57. The number of hydrogen-bond donors (Lipinski definition) is 1. The van der Waals surface area contributed by atoms with Gasteiger partial charge in [0, 0.05) is 16.5 Å². The second-order valence-corrected chi connectivity index (χ2v) is 8.32. The van der Waals surface area contributed by atoms with Gasteiger partial charge in [0.15, 0.2) is 16.6 Å². The molecular formula is C22H24N3O2S+. The Labute approximate surface area is 169 Å². The Balaban J connectivity index is 1.20. The van der Waals surface area contributed by atoms with Gasteiger partial charge in [-0.1, -0.05) is 29.8 Å². The Morgan fingerprint density at radius 3 is 2.64 bits per heavy atom. The van der Waals surface area contributed by atoms with Crippen LogP contribution in [0.15, 0.2) is 47.8 Å². The molecule has 3 heterocycles. The van der Waals surface area contributed by atoms with E-state index in [-0.39, 0.29) is 0 Å². The maximum Gasteiger partial charge on any atom is 0.231 e. The van der Waals surface area contributed by atoms with Crippen LogP contribution in [0.3, 0.4) is 0 Å². The maximum absolute atomic E-state index is 5.50. The standard InChI is InChI=1S/C22H23N3O2S/c1-16-2-5-18(6-3-16)19-14-28-22(23-19)25-10-8-24(9-11-25)13-17-4-7-20-21(12-17)27-15-26-20/h2-7,12,14H,8-11,13,15H2,1H3/p+1. The monoisotopic (exact) mass is 394 g/mol. The molecule has 5 rings (SSSR count). The van der Waals surface area contributed by atoms with Crippen molar-refractivity contribution in [3.8, 4) is 22.8 Å². The van der Waals surface area contributed by atoms with E-state index in [1.165, 1.54) is 16.7 Å². The number of ether oxygens (including phenoxy) is 2. The minimum Gasteiger partial charge on any atom is -0.454 e. The number of nitrogens with zero attached hydrogens (tertiary/aromatic N) is 2. The second-order valence-electron chi connectivity index (χ2n) is 7.48. The predicted octanol–water partition coefficient (Wildman–Crippen LogP) is 2.75. The van der Waals surface area contributed by atoms with Gasteiger partial charge >= 0.3 is 0 Å². The highest BCUT2D eigenvalue weighted by molar-refractivity contribution is 7.14. The number of fused-ring (bicyclic) bond motifs is 1. The predicted molar refractivity (Wildman–Crippen MR) is 111 cm³/mol. The van der Waals surface area contributed by atoms with E-state index in [9.17, 15) is 0 Å². The number of piperazine rings is 1. The van der Waals surface area contributed by atoms with Crippen LogP contribution in [0.5, 0.6) is 11.5 Å². The first-order chi connectivity index (χ1) is 13.7. The van der Waals surface area contributed by atoms with Gasteiger partial charge in [-0.25, -0.2) is 4.98 Å². The van der Waals surface area contributed by atoms with Gasteiger partial charge in [0.25, 0.3) is 0 Å². The number of anilines is 1. The van der Waals surface area contributed by atoms with Crippen molar-refractivity contribution >= 4 is 16.5 Å². The summed E-state index contributed by atoms with van der Waals surface area (Å²) in [5.74, 6) is 1.73. The molecule has 0 unspecified atom stereocenters. The molecule has 28 heavy (non-hydrogen) atoms. The molecule has 6 heteroatoms. The van der Waals surface area contributed by atoms with Crippen LogP contribution in [0, 0.1) is 6.92 Å². The fourth-order valence-corrected chi connectivity index (χ4v) is 4.69. The molecule has 0 spiro atoms. The highest BCUT2D eigenvalue weighted by Crippen LogP contribution is 2.32. The zero-order valence-corrected chi connectivity index (χ0v) is 16.8. The average molecular weight is 395 g/mol. The fraction of sp³-hybridized carbons (Fsp3) is 0.318. The lowest BCUT2D eigenvalue weighted by Crippen LogP contribution is -3.13. The molecule has 2 aliphatic heterocycles. The van der Waals surface area contributed by atoms with Crippen LogP contribution < -0.4 is 19.3 Å². The smallest absolute Gasteiger partial charge is 0.231 e. The lowest BCUT2D eigenvalue weighted by Gasteiger charge is -2.32. The Morgan fingerprint density at radius 1 is 1.04 bits per heavy atom. The van der Waals surface area contributed by atoms with Gasteiger partial charge in [0.2, 0.25) is 6.79 Å². The molecule has 2 aromatic carbocycles. The highest BCUT2D eigenvalue weighted by atomic mass is 32.1. The number of rotatable bonds is 4. The Hall–Kier alpha value is -2.57. The third-order valence-corrected chi connectivity index (χ3v) is 6.37. The van der Waals surface area contributed by atoms with Crippen LogP contribution in [0.4, 0.5) is 5.13 Å². The first-order valence-electron chi connectivity index (χ1n) is 9.74. The van der Waals surface area contributed by atoms with Crippen LogP contribution in [0.2, 0.25) is 0 Å². The van der Waals surface area contributed by atoms with E-state index in [1.807, 2.05) is 6.07 Å². The van der Waals surface area contributed by atoms with Gasteiger partial charge in [-0.15, -0.1) is 11.3 Å². The topological polar surface area (TPSA) is 39.0 Å². The Kier molecular flexibility index (Phi) is 4.66. The molecule has 1 N–H and O–H groups in total. The molecular weight excluding hydrogens is 370 g/mol. The van der Waals surface area contributed by atoms with E-state index in [0.717, 1.165) is 55.0 Å². The van der Waals surface area contributed by atoms with Crippen molar-refractivity contribution in [2.75, 3.05) is 37.9 Å². The molecule has 0 atom stereocenters. The molecule has 5 nitrogen and oxygen atoms in total. The highest BCUT2D eigenvalue weighted by Gasteiger charge is 2.23. The number of aryl methyl sites for hydroxylation is 1. The largest absolute Gasteiger partial charge is 0.454 e. The molecule has 1 saturated heterocycles. The minimum atomic E-state index is 0.336. The van der Waals surface area contributed by atoms with Gasteiger partial charge in [-0.3, -0.25) is 0 Å². The lowest BCUT2D eigenvalue weighted by atomic mass is 10.1. The maximum atomic E-state index is 5.50. The quantitative estimate of drug-likeness (QED) is 0.739. The van der Waals surface area contributed by atoms with E-state index in [1.54, 1.807) is 16.2 Å². The molecule has 0 aliphatic carbocycles. The van der Waals surface area contributed by atoms with E-state index in [0.29, 0.717) is 6.79 Å². The number of quaternary nitrogens is 1. The zero-order valence-electron chi connectivity index (χ0n) is 16.0. The summed E-state index contributed by atoms with van der Waals surface area (Å²) >= 11 is 1.75. The van der Waals surface area contributed by atoms with Crippen molar-refractivity contribution in [2.24, 2.45) is 0 Å². The number of thiazole rings is 1. The lowest BCUT2D eigenvalue weighted by molar-refractivity contribution is -0.914. The fourth-order valence-electron chi connectivity index (χ4n) is 3.80. The molecule has 0 amide bonds. The molecule has 1 aromatic heterocycles. The zero-order chi connectivity index (χ0) is 18.9. The average Bonchev–Trinajstić information content (AvgIpc) is 3.38. The van der Waals surface area contributed by atoms with Crippen molar-refractivity contribution in [2.45, 2.75) is 13.5 Å². The van der Waals surface area contributed by atoms with Crippen LogP contribution in [0.25, 0.3) is 11.3 Å². The van der Waals surface area contributed by atoms with E-state index < -0.39 is 0 Å². The summed E-state index contributed by atoms with van der Waals surface area (Å²) in [6, 6.07) is 14.9. The molecule has 0 saturated carbocycles. The summed E-state index contributed by atoms with van der Waals surface area (Å²) in [6.07, 6.45) is 0. The molecule has 144 valence electrons. The SMILES string of the molecule is Cc1ccc(-c2csc(N3CC[NH+](Cc4ccc5c(c4)OCO5)CC3)n2)cc1. The summed E-state index contributed by atoms with van der Waals surface area (Å²) < 4.78 is 10.9. The van der Waals surface area contributed by atoms with E-state index in [4.69, 9.17) is 14.5 Å². The number of nitrogens with one attached hydrogen (secondary N) is 1. The summed E-state index contributed by atoms with van der Waals surface area (Å²) in [7, 11) is 0. The number of aromatic nitrogens is 1. The molecule has 2 aliphatic rings. The van der Waals surface area contributed by atoms with Crippen LogP contribution in [0.1, 0.15) is 11.1 Å².